The van der Waals surface area contributed by atoms with E-state index in [1.807, 2.05) is 30.0 Å². The van der Waals surface area contributed by atoms with Gasteiger partial charge in [-0.15, -0.1) is 0 Å². The topological polar surface area (TPSA) is 83.0 Å². The summed E-state index contributed by atoms with van der Waals surface area (Å²) >= 11 is 5.45. The summed E-state index contributed by atoms with van der Waals surface area (Å²) in [6, 6.07) is 9.09. The number of fused-ring (bicyclic) bond motifs is 1. The van der Waals surface area contributed by atoms with Crippen molar-refractivity contribution in [1.29, 1.82) is 0 Å². The van der Waals surface area contributed by atoms with Crippen molar-refractivity contribution in [2.75, 3.05) is 25.0 Å². The third-order valence-electron chi connectivity index (χ3n) is 5.73. The maximum Gasteiger partial charge on any atom is 0.326 e. The van der Waals surface area contributed by atoms with Gasteiger partial charge in [0.15, 0.2) is 0 Å². The largest absolute Gasteiger partial charge is 0.364 e. The first kappa shape index (κ1) is 21.9. The number of hydrogen-bond acceptors (Lipinski definition) is 5. The van der Waals surface area contributed by atoms with Gasteiger partial charge < -0.3 is 15.2 Å². The van der Waals surface area contributed by atoms with Gasteiger partial charge in [-0.3, -0.25) is 9.36 Å². The standard InChI is InChI=1S/C23H24FN5O2S/c1-3-29-22(32)16-5-4-15(13-18(16)27-23(29)31)12-14-8-10-28(11-9-14)19-7-6-17(21(30)25-2)26-20(19)24/h4-8,13H,3,9-12H2,1-2H3,(H,25,30)(H,27,31). The molecule has 32 heavy (non-hydrogen) atoms. The SMILES string of the molecule is CCn1c(=O)[nH]c2cc(CC3=CCN(c4ccc(C(=O)NC)nc4F)CC3)ccc2c1=S. The molecule has 3 heterocycles. The number of H-pyrrole nitrogens is 1. The number of aromatic nitrogens is 3. The van der Waals surface area contributed by atoms with Gasteiger partial charge in [0.05, 0.1) is 11.2 Å². The van der Waals surface area contributed by atoms with Crippen molar-refractivity contribution in [2.24, 2.45) is 0 Å². The summed E-state index contributed by atoms with van der Waals surface area (Å²) in [5, 5.41) is 3.30. The fraction of sp³-hybridized carbons (Fsp3) is 0.304. The lowest BCUT2D eigenvalue weighted by Crippen LogP contribution is -2.30. The number of carbonyl (C=O) groups is 1. The summed E-state index contributed by atoms with van der Waals surface area (Å²) in [5.74, 6) is -1.06. The molecule has 0 fully saturated rings. The molecule has 1 aromatic carbocycles. The average Bonchev–Trinajstić information content (AvgIpc) is 2.79. The van der Waals surface area contributed by atoms with E-state index in [-0.39, 0.29) is 11.4 Å². The molecule has 9 heteroatoms. The van der Waals surface area contributed by atoms with Crippen LogP contribution in [0.2, 0.25) is 0 Å². The Hall–Kier alpha value is -3.33. The van der Waals surface area contributed by atoms with Gasteiger partial charge in [0.1, 0.15) is 10.3 Å². The molecule has 0 radical (unpaired) electrons. The molecule has 1 aliphatic rings. The Morgan fingerprint density at radius 1 is 1.31 bits per heavy atom. The first-order valence-electron chi connectivity index (χ1n) is 10.5. The van der Waals surface area contributed by atoms with Crippen LogP contribution in [0.15, 0.2) is 46.8 Å². The van der Waals surface area contributed by atoms with Gasteiger partial charge in [0, 0.05) is 32.1 Å². The first-order valence-corrected chi connectivity index (χ1v) is 10.9. The van der Waals surface area contributed by atoms with Crippen molar-refractivity contribution in [3.05, 3.63) is 74.3 Å². The van der Waals surface area contributed by atoms with Gasteiger partial charge in [-0.2, -0.15) is 4.39 Å². The van der Waals surface area contributed by atoms with E-state index < -0.39 is 11.9 Å². The molecule has 0 bridgehead atoms. The van der Waals surface area contributed by atoms with Crippen molar-refractivity contribution in [3.63, 3.8) is 0 Å². The van der Waals surface area contributed by atoms with E-state index in [0.717, 1.165) is 29.3 Å². The molecule has 7 nitrogen and oxygen atoms in total. The van der Waals surface area contributed by atoms with Gasteiger partial charge in [0.2, 0.25) is 5.95 Å². The highest BCUT2D eigenvalue weighted by molar-refractivity contribution is 7.71. The second-order valence-electron chi connectivity index (χ2n) is 7.68. The quantitative estimate of drug-likeness (QED) is 0.352. The zero-order valence-corrected chi connectivity index (χ0v) is 18.8. The van der Waals surface area contributed by atoms with Crippen LogP contribution in [0.5, 0.6) is 0 Å². The third kappa shape index (κ3) is 4.20. The number of rotatable bonds is 5. The maximum atomic E-state index is 14.5. The lowest BCUT2D eigenvalue weighted by molar-refractivity contribution is 0.0957. The van der Waals surface area contributed by atoms with E-state index in [0.29, 0.717) is 30.0 Å². The zero-order valence-electron chi connectivity index (χ0n) is 17.9. The Kier molecular flexibility index (Phi) is 6.18. The predicted molar refractivity (Wildman–Crippen MR) is 125 cm³/mol. The zero-order chi connectivity index (χ0) is 22.8. The molecule has 1 amide bonds. The monoisotopic (exact) mass is 453 g/mol. The molecule has 0 spiro atoms. The Balaban J connectivity index is 1.50. The van der Waals surface area contributed by atoms with Crippen molar-refractivity contribution in [3.8, 4) is 0 Å². The smallest absolute Gasteiger partial charge is 0.326 e. The number of benzene rings is 1. The molecule has 166 valence electrons. The molecule has 2 aromatic heterocycles. The third-order valence-corrected chi connectivity index (χ3v) is 6.17. The minimum Gasteiger partial charge on any atom is -0.364 e. The molecule has 4 rings (SSSR count). The fourth-order valence-electron chi connectivity index (χ4n) is 3.97. The van der Waals surface area contributed by atoms with Gasteiger partial charge in [-0.1, -0.05) is 29.9 Å². The molecule has 0 saturated carbocycles. The van der Waals surface area contributed by atoms with Crippen LogP contribution in [0.1, 0.15) is 29.4 Å². The highest BCUT2D eigenvalue weighted by Gasteiger charge is 2.18. The number of halogens is 1. The lowest BCUT2D eigenvalue weighted by atomic mass is 9.98. The van der Waals surface area contributed by atoms with Crippen molar-refractivity contribution >= 4 is 34.7 Å². The predicted octanol–water partition coefficient (Wildman–Crippen LogP) is 3.35. The van der Waals surface area contributed by atoms with E-state index in [1.165, 1.54) is 18.7 Å². The van der Waals surface area contributed by atoms with Crippen LogP contribution in [0.3, 0.4) is 0 Å². The van der Waals surface area contributed by atoms with E-state index in [2.05, 4.69) is 21.4 Å². The maximum absolute atomic E-state index is 14.5. The van der Waals surface area contributed by atoms with Crippen molar-refractivity contribution in [1.82, 2.24) is 19.9 Å². The highest BCUT2D eigenvalue weighted by atomic mass is 32.1. The summed E-state index contributed by atoms with van der Waals surface area (Å²) in [6.45, 7) is 3.63. The van der Waals surface area contributed by atoms with Crippen molar-refractivity contribution < 1.29 is 9.18 Å². The van der Waals surface area contributed by atoms with Crippen LogP contribution in [0, 0.1) is 10.6 Å². The molecule has 3 aromatic rings. The van der Waals surface area contributed by atoms with Gasteiger partial charge in [-0.25, -0.2) is 9.78 Å². The summed E-state index contributed by atoms with van der Waals surface area (Å²) in [6.07, 6.45) is 3.62. The first-order chi connectivity index (χ1) is 15.4. The molecule has 0 aliphatic carbocycles. The summed E-state index contributed by atoms with van der Waals surface area (Å²) < 4.78 is 16.5. The number of amides is 1. The Morgan fingerprint density at radius 3 is 2.78 bits per heavy atom. The number of nitrogens with zero attached hydrogens (tertiary/aromatic N) is 3. The summed E-state index contributed by atoms with van der Waals surface area (Å²) in [4.78, 5) is 32.5. The lowest BCUT2D eigenvalue weighted by Gasteiger charge is -2.28. The number of hydrogen-bond donors (Lipinski definition) is 2. The number of carbonyl (C=O) groups excluding carboxylic acids is 1. The molecule has 1 aliphatic heterocycles. The minimum absolute atomic E-state index is 0.0584. The normalized spacial score (nSPS) is 13.8. The van der Waals surface area contributed by atoms with Crippen LogP contribution < -0.4 is 15.9 Å². The van der Waals surface area contributed by atoms with E-state index in [9.17, 15) is 14.0 Å². The van der Waals surface area contributed by atoms with Crippen molar-refractivity contribution in [2.45, 2.75) is 26.3 Å². The molecule has 0 atom stereocenters. The Bertz CT molecular complexity index is 1340. The second-order valence-corrected chi connectivity index (χ2v) is 8.07. The number of pyridine rings is 1. The average molecular weight is 454 g/mol. The van der Waals surface area contributed by atoms with E-state index in [4.69, 9.17) is 12.2 Å². The van der Waals surface area contributed by atoms with Gasteiger partial charge in [0.25, 0.3) is 5.91 Å². The number of anilines is 1. The van der Waals surface area contributed by atoms with Crippen LogP contribution >= 0.6 is 12.2 Å². The van der Waals surface area contributed by atoms with E-state index in [1.54, 1.807) is 10.6 Å². The van der Waals surface area contributed by atoms with Crippen LogP contribution in [0.4, 0.5) is 10.1 Å². The van der Waals surface area contributed by atoms with Crippen LogP contribution in [0.25, 0.3) is 10.9 Å². The van der Waals surface area contributed by atoms with Crippen LogP contribution in [-0.4, -0.2) is 40.6 Å². The Morgan fingerprint density at radius 2 is 2.12 bits per heavy atom. The molecular formula is C23H24FN5O2S. The molecule has 0 saturated heterocycles. The van der Waals surface area contributed by atoms with Gasteiger partial charge >= 0.3 is 5.69 Å². The minimum atomic E-state index is -0.648. The van der Waals surface area contributed by atoms with Gasteiger partial charge in [-0.05, 0) is 49.6 Å². The number of nitrogens with one attached hydrogen (secondary N) is 2. The van der Waals surface area contributed by atoms with Crippen LogP contribution in [-0.2, 0) is 13.0 Å². The number of aromatic amines is 1. The molecule has 2 N–H and O–H groups in total. The van der Waals surface area contributed by atoms with E-state index >= 15 is 0 Å². The Labute approximate surface area is 189 Å². The summed E-state index contributed by atoms with van der Waals surface area (Å²) in [7, 11) is 1.48. The second kappa shape index (κ2) is 9.04. The molecule has 0 unspecified atom stereocenters. The molecular weight excluding hydrogens is 429 g/mol. The highest BCUT2D eigenvalue weighted by Crippen LogP contribution is 2.25. The fourth-order valence-corrected chi connectivity index (χ4v) is 4.36. The summed E-state index contributed by atoms with van der Waals surface area (Å²) in [5.41, 5.74) is 3.31.